The van der Waals surface area contributed by atoms with Crippen molar-refractivity contribution in [1.29, 1.82) is 5.26 Å². The van der Waals surface area contributed by atoms with E-state index in [-0.39, 0.29) is 5.91 Å². The number of nitrogens with one attached hydrogen (secondary N) is 1. The summed E-state index contributed by atoms with van der Waals surface area (Å²) in [5.74, 6) is -0.196. The van der Waals surface area contributed by atoms with Crippen molar-refractivity contribution < 1.29 is 4.79 Å². The van der Waals surface area contributed by atoms with Gasteiger partial charge < -0.3 is 5.32 Å². The van der Waals surface area contributed by atoms with Crippen LogP contribution in [0.2, 0.25) is 0 Å². The van der Waals surface area contributed by atoms with Gasteiger partial charge in [0.25, 0.3) is 5.91 Å². The molecule has 0 aliphatic rings. The number of rotatable bonds is 4. The maximum Gasteiger partial charge on any atom is 0.257 e. The number of benzene rings is 1. The van der Waals surface area contributed by atoms with E-state index in [1.807, 2.05) is 19.1 Å². The van der Waals surface area contributed by atoms with Gasteiger partial charge >= 0.3 is 0 Å². The average molecular weight is 280 g/mol. The van der Waals surface area contributed by atoms with Crippen LogP contribution >= 0.6 is 0 Å². The molecule has 106 valence electrons. The highest BCUT2D eigenvalue weighted by Crippen LogP contribution is 2.14. The number of hydrogen-bond donors (Lipinski definition) is 1. The topological polar surface area (TPSA) is 78.7 Å². The van der Waals surface area contributed by atoms with Crippen LogP contribution in [0.5, 0.6) is 0 Å². The number of aromatic nitrogens is 2. The lowest BCUT2D eigenvalue weighted by Crippen LogP contribution is -2.16. The molecule has 21 heavy (non-hydrogen) atoms. The van der Waals surface area contributed by atoms with Gasteiger partial charge in [0.15, 0.2) is 0 Å². The summed E-state index contributed by atoms with van der Waals surface area (Å²) < 4.78 is 0. The number of carbonyl (C=O) groups excluding carboxylic acids is 1. The largest absolute Gasteiger partial charge is 0.322 e. The van der Waals surface area contributed by atoms with Crippen molar-refractivity contribution in [3.8, 4) is 6.07 Å². The lowest BCUT2D eigenvalue weighted by molar-refractivity contribution is 0.102. The molecule has 0 bridgehead atoms. The van der Waals surface area contributed by atoms with E-state index in [1.54, 1.807) is 25.1 Å². The van der Waals surface area contributed by atoms with E-state index in [4.69, 9.17) is 5.26 Å². The summed E-state index contributed by atoms with van der Waals surface area (Å²) >= 11 is 0. The third-order valence-electron chi connectivity index (χ3n) is 3.07. The van der Waals surface area contributed by atoms with E-state index in [0.29, 0.717) is 35.5 Å². The standard InChI is InChI=1S/C16H16N4O/c1-3-15-14(10-11(2)19-20-15)16(21)18-13-6-4-12(5-7-13)8-9-17/h4-7,10H,3,8H2,1-2H3,(H,18,21). The second-order valence-electron chi connectivity index (χ2n) is 4.69. The number of hydrogen-bond acceptors (Lipinski definition) is 4. The maximum absolute atomic E-state index is 12.3. The summed E-state index contributed by atoms with van der Waals surface area (Å²) in [4.78, 5) is 12.3. The Morgan fingerprint density at radius 3 is 2.62 bits per heavy atom. The van der Waals surface area contributed by atoms with E-state index in [0.717, 1.165) is 5.56 Å². The molecular formula is C16H16N4O. The molecule has 1 aromatic carbocycles. The summed E-state index contributed by atoms with van der Waals surface area (Å²) in [6.07, 6.45) is 1.01. The Morgan fingerprint density at radius 2 is 2.00 bits per heavy atom. The lowest BCUT2D eigenvalue weighted by atomic mass is 10.1. The monoisotopic (exact) mass is 280 g/mol. The van der Waals surface area contributed by atoms with Crippen LogP contribution in [0.3, 0.4) is 0 Å². The van der Waals surface area contributed by atoms with Gasteiger partial charge in [-0.15, -0.1) is 0 Å². The summed E-state index contributed by atoms with van der Waals surface area (Å²) in [5, 5.41) is 19.5. The lowest BCUT2D eigenvalue weighted by Gasteiger charge is -2.09. The number of carbonyl (C=O) groups is 1. The molecule has 0 saturated heterocycles. The number of anilines is 1. The molecule has 0 aliphatic heterocycles. The van der Waals surface area contributed by atoms with Gasteiger partial charge in [0, 0.05) is 5.69 Å². The van der Waals surface area contributed by atoms with Crippen molar-refractivity contribution in [2.24, 2.45) is 0 Å². The Morgan fingerprint density at radius 1 is 1.29 bits per heavy atom. The van der Waals surface area contributed by atoms with Crippen LogP contribution in [-0.2, 0) is 12.8 Å². The molecule has 0 radical (unpaired) electrons. The van der Waals surface area contributed by atoms with Crippen molar-refractivity contribution in [2.75, 3.05) is 5.32 Å². The fourth-order valence-corrected chi connectivity index (χ4v) is 1.97. The van der Waals surface area contributed by atoms with Crippen molar-refractivity contribution in [3.63, 3.8) is 0 Å². The normalized spacial score (nSPS) is 9.95. The third-order valence-corrected chi connectivity index (χ3v) is 3.07. The Hall–Kier alpha value is -2.74. The zero-order chi connectivity index (χ0) is 15.2. The minimum absolute atomic E-state index is 0.196. The second-order valence-corrected chi connectivity index (χ2v) is 4.69. The van der Waals surface area contributed by atoms with Crippen molar-refractivity contribution in [1.82, 2.24) is 10.2 Å². The smallest absolute Gasteiger partial charge is 0.257 e. The summed E-state index contributed by atoms with van der Waals surface area (Å²) in [5.41, 5.74) is 3.55. The quantitative estimate of drug-likeness (QED) is 0.933. The van der Waals surface area contributed by atoms with Crippen molar-refractivity contribution >= 4 is 11.6 Å². The summed E-state index contributed by atoms with van der Waals surface area (Å²) in [6, 6.07) is 11.1. The first kappa shape index (κ1) is 14.7. The van der Waals surface area contributed by atoms with Crippen LogP contribution in [-0.4, -0.2) is 16.1 Å². The molecule has 5 nitrogen and oxygen atoms in total. The zero-order valence-electron chi connectivity index (χ0n) is 12.1. The molecule has 2 aromatic rings. The molecule has 0 unspecified atom stereocenters. The highest BCUT2D eigenvalue weighted by Gasteiger charge is 2.13. The highest BCUT2D eigenvalue weighted by molar-refractivity contribution is 6.05. The first-order valence-corrected chi connectivity index (χ1v) is 6.74. The maximum atomic E-state index is 12.3. The zero-order valence-corrected chi connectivity index (χ0v) is 12.1. The van der Waals surface area contributed by atoms with E-state index in [1.165, 1.54) is 0 Å². The van der Waals surface area contributed by atoms with E-state index >= 15 is 0 Å². The van der Waals surface area contributed by atoms with Crippen LogP contribution in [0.25, 0.3) is 0 Å². The van der Waals surface area contributed by atoms with Gasteiger partial charge in [0.1, 0.15) is 0 Å². The third kappa shape index (κ3) is 3.63. The molecule has 0 aliphatic carbocycles. The van der Waals surface area contributed by atoms with Gasteiger partial charge in [-0.05, 0) is 37.1 Å². The molecule has 1 amide bonds. The fourth-order valence-electron chi connectivity index (χ4n) is 1.97. The van der Waals surface area contributed by atoms with Crippen LogP contribution < -0.4 is 5.32 Å². The summed E-state index contributed by atoms with van der Waals surface area (Å²) in [6.45, 7) is 3.74. The Bertz CT molecular complexity index is 686. The molecule has 0 atom stereocenters. The molecule has 5 heteroatoms. The number of nitriles is 1. The molecule has 1 N–H and O–H groups in total. The first-order chi connectivity index (χ1) is 10.1. The van der Waals surface area contributed by atoms with Crippen LogP contribution in [0.4, 0.5) is 5.69 Å². The Balaban J connectivity index is 2.18. The molecular weight excluding hydrogens is 264 g/mol. The molecule has 1 aromatic heterocycles. The van der Waals surface area contributed by atoms with Gasteiger partial charge in [-0.2, -0.15) is 15.5 Å². The van der Waals surface area contributed by atoms with Gasteiger partial charge in [0.2, 0.25) is 0 Å². The molecule has 1 heterocycles. The van der Waals surface area contributed by atoms with Gasteiger partial charge in [0.05, 0.1) is 29.4 Å². The number of amides is 1. The van der Waals surface area contributed by atoms with Crippen molar-refractivity contribution in [2.45, 2.75) is 26.7 Å². The Labute approximate surface area is 123 Å². The first-order valence-electron chi connectivity index (χ1n) is 6.74. The van der Waals surface area contributed by atoms with E-state index in [2.05, 4.69) is 21.6 Å². The fraction of sp³-hybridized carbons (Fsp3) is 0.250. The Kier molecular flexibility index (Phi) is 4.62. The van der Waals surface area contributed by atoms with Crippen molar-refractivity contribution in [3.05, 3.63) is 52.8 Å². The second kappa shape index (κ2) is 6.62. The average Bonchev–Trinajstić information content (AvgIpc) is 2.49. The van der Waals surface area contributed by atoms with Gasteiger partial charge in [-0.1, -0.05) is 19.1 Å². The van der Waals surface area contributed by atoms with E-state index in [9.17, 15) is 4.79 Å². The number of aryl methyl sites for hydroxylation is 2. The molecule has 0 saturated carbocycles. The highest BCUT2D eigenvalue weighted by atomic mass is 16.1. The van der Waals surface area contributed by atoms with Gasteiger partial charge in [-0.3, -0.25) is 4.79 Å². The minimum atomic E-state index is -0.196. The molecule has 0 fully saturated rings. The van der Waals surface area contributed by atoms with E-state index < -0.39 is 0 Å². The van der Waals surface area contributed by atoms with Crippen LogP contribution in [0, 0.1) is 18.3 Å². The van der Waals surface area contributed by atoms with Gasteiger partial charge in [-0.25, -0.2) is 0 Å². The summed E-state index contributed by atoms with van der Waals surface area (Å²) in [7, 11) is 0. The van der Waals surface area contributed by atoms with Crippen LogP contribution in [0.1, 0.15) is 34.2 Å². The van der Waals surface area contributed by atoms with Crippen LogP contribution in [0.15, 0.2) is 30.3 Å². The molecule has 0 spiro atoms. The molecule has 2 rings (SSSR count). The minimum Gasteiger partial charge on any atom is -0.322 e. The predicted octanol–water partition coefficient (Wildman–Crippen LogP) is 2.67. The SMILES string of the molecule is CCc1nnc(C)cc1C(=O)Nc1ccc(CC#N)cc1. The number of nitrogens with zero attached hydrogens (tertiary/aromatic N) is 3. The predicted molar refractivity (Wildman–Crippen MR) is 79.9 cm³/mol.